The number of halogens is 2. The van der Waals surface area contributed by atoms with Crippen molar-refractivity contribution in [3.8, 4) is 0 Å². The normalized spacial score (nSPS) is 26.1. The molecular formula is C65H84F2N4O3. The van der Waals surface area contributed by atoms with E-state index in [1.165, 1.54) is 59.1 Å². The van der Waals surface area contributed by atoms with Gasteiger partial charge in [-0.3, -0.25) is 4.79 Å². The van der Waals surface area contributed by atoms with Gasteiger partial charge in [0.1, 0.15) is 11.6 Å². The minimum atomic E-state index is -0.363. The predicted molar refractivity (Wildman–Crippen MR) is 296 cm³/mol. The summed E-state index contributed by atoms with van der Waals surface area (Å²) in [5, 5.41) is 10.5. The Morgan fingerprint density at radius 1 is 0.716 bits per heavy atom. The Morgan fingerprint density at radius 3 is 2.03 bits per heavy atom. The number of nitrogens with zero attached hydrogens (tertiary/aromatic N) is 1. The fourth-order valence-electron chi connectivity index (χ4n) is 15.4. The van der Waals surface area contributed by atoms with Crippen molar-refractivity contribution in [2.45, 2.75) is 179 Å². The summed E-state index contributed by atoms with van der Waals surface area (Å²) in [6, 6.07) is 17.3. The molecule has 5 fully saturated rings. The zero-order chi connectivity index (χ0) is 52.0. The van der Waals surface area contributed by atoms with Crippen molar-refractivity contribution in [3.63, 3.8) is 0 Å². The van der Waals surface area contributed by atoms with Crippen LogP contribution in [0, 0.1) is 40.7 Å². The molecule has 2 heterocycles. The lowest BCUT2D eigenvalue weighted by atomic mass is 9.67. The summed E-state index contributed by atoms with van der Waals surface area (Å²) in [6.07, 6.45) is 22.3. The molecule has 396 valence electrons. The van der Waals surface area contributed by atoms with Crippen LogP contribution < -0.4 is 16.0 Å². The van der Waals surface area contributed by atoms with Gasteiger partial charge >= 0.3 is 0 Å². The molecular weight excluding hydrogens is 923 g/mol. The van der Waals surface area contributed by atoms with Crippen LogP contribution in [-0.2, 0) is 27.1 Å². The molecule has 0 amide bonds. The zero-order valence-corrected chi connectivity index (χ0v) is 45.4. The SMILES string of the molecule is C=C(N[C@H](C(=C)N1CCC[C@H]1C1=Cc2cc([C@H]3CC[C@H](c4ccc5c(c4)CC=C([C@@H]4CCCC4C(=O)[C@@H](NC(=C)OC)C(C)C)N5)C3c3cc(F)c(C4CCC5(CCCC5)CC4)c(F)c3)ccc2C1)C(C)C)OC. The smallest absolute Gasteiger partial charge is 0.179 e. The van der Waals surface area contributed by atoms with E-state index in [0.717, 1.165) is 113 Å². The molecule has 2 aliphatic heterocycles. The highest BCUT2D eigenvalue weighted by Gasteiger charge is 2.44. The van der Waals surface area contributed by atoms with Gasteiger partial charge in [0.25, 0.3) is 0 Å². The molecule has 3 aromatic rings. The van der Waals surface area contributed by atoms with Crippen molar-refractivity contribution in [2.75, 3.05) is 26.1 Å². The zero-order valence-electron chi connectivity index (χ0n) is 45.4. The highest BCUT2D eigenvalue weighted by Crippen LogP contribution is 2.57. The van der Waals surface area contributed by atoms with Crippen molar-refractivity contribution in [1.29, 1.82) is 0 Å². The summed E-state index contributed by atoms with van der Waals surface area (Å²) in [4.78, 5) is 16.7. The van der Waals surface area contributed by atoms with Crippen LogP contribution >= 0.6 is 0 Å². The number of hydrogen-bond acceptors (Lipinski definition) is 7. The van der Waals surface area contributed by atoms with Gasteiger partial charge in [0.2, 0.25) is 0 Å². The minimum Gasteiger partial charge on any atom is -0.483 e. The number of benzene rings is 3. The third-order valence-electron chi connectivity index (χ3n) is 19.4. The largest absolute Gasteiger partial charge is 0.483 e. The Bertz CT molecular complexity index is 2660. The molecule has 4 saturated carbocycles. The second-order valence-electron chi connectivity index (χ2n) is 24.3. The predicted octanol–water partition coefficient (Wildman–Crippen LogP) is 14.8. The number of carbonyl (C=O) groups excluding carboxylic acids is 1. The fourth-order valence-corrected chi connectivity index (χ4v) is 15.4. The van der Waals surface area contributed by atoms with Gasteiger partial charge in [0, 0.05) is 41.0 Å². The number of ether oxygens (including phenoxy) is 2. The number of fused-ring (bicyclic) bond motifs is 2. The van der Waals surface area contributed by atoms with E-state index >= 15 is 8.78 Å². The first-order valence-corrected chi connectivity index (χ1v) is 28.6. The number of rotatable bonds is 18. The quantitative estimate of drug-likeness (QED) is 0.110. The molecule has 1 saturated heterocycles. The molecule has 74 heavy (non-hydrogen) atoms. The average Bonchev–Trinajstić information content (AvgIpc) is 4.27. The second kappa shape index (κ2) is 21.7. The van der Waals surface area contributed by atoms with Crippen molar-refractivity contribution in [1.82, 2.24) is 15.5 Å². The van der Waals surface area contributed by atoms with E-state index < -0.39 is 0 Å². The lowest BCUT2D eigenvalue weighted by molar-refractivity contribution is -0.126. The minimum absolute atomic E-state index is 0.0118. The van der Waals surface area contributed by atoms with Crippen LogP contribution in [0.1, 0.15) is 187 Å². The molecule has 0 bridgehead atoms. The molecule has 8 atom stereocenters. The molecule has 1 spiro atoms. The molecule has 2 unspecified atom stereocenters. The number of methoxy groups -OCH3 is 2. The standard InChI is InChI=1S/C65H84F2N4O3/c1-38(2)62(68-41(6)73-8)40(5)71-31-13-16-59(71)49-32-44-17-18-45(34-48(44)35-49)51-21-22-52(60(51)50-36-55(66)61(56(67)37-50)43-25-29-65(30-26-43)27-10-11-28-65)46-19-23-57-47(33-46)20-24-58(70-57)53-14-12-15-54(53)64(72)63(39(3)4)69-42(7)74-9/h17-19,23-24,33-39,43,51-54,59-60,62-63,68-70H,5-7,10-16,20-22,25-32H2,1-4,8-9H3/t51-,52-,53-,54?,59+,60?,62+,63+/m1/s1. The van der Waals surface area contributed by atoms with E-state index in [9.17, 15) is 4.79 Å². The lowest BCUT2D eigenvalue weighted by Crippen LogP contribution is -2.45. The first-order chi connectivity index (χ1) is 35.6. The first kappa shape index (κ1) is 52.1. The summed E-state index contributed by atoms with van der Waals surface area (Å²) in [6.45, 7) is 22.2. The topological polar surface area (TPSA) is 74.9 Å². The molecule has 3 aromatic carbocycles. The number of anilines is 1. The van der Waals surface area contributed by atoms with Gasteiger partial charge in [-0.15, -0.1) is 0 Å². The monoisotopic (exact) mass is 1010 g/mol. The highest BCUT2D eigenvalue weighted by molar-refractivity contribution is 5.88. The third-order valence-corrected chi connectivity index (χ3v) is 19.4. The Labute approximate surface area is 441 Å². The van der Waals surface area contributed by atoms with E-state index in [2.05, 4.69) is 117 Å². The van der Waals surface area contributed by atoms with Crippen molar-refractivity contribution in [3.05, 3.63) is 154 Å². The molecule has 3 N–H and O–H groups in total. The maximum Gasteiger partial charge on any atom is 0.179 e. The number of nitrogens with one attached hydrogen (secondary N) is 3. The van der Waals surface area contributed by atoms with E-state index in [4.69, 9.17) is 9.47 Å². The molecule has 7 aliphatic rings. The molecule has 10 rings (SSSR count). The van der Waals surface area contributed by atoms with Crippen LogP contribution in [0.15, 0.2) is 103 Å². The molecule has 9 heteroatoms. The average molecular weight is 1010 g/mol. The van der Waals surface area contributed by atoms with Crippen LogP contribution in [0.2, 0.25) is 0 Å². The summed E-state index contributed by atoms with van der Waals surface area (Å²) in [7, 11) is 3.22. The number of carbonyl (C=O) groups is 1. The van der Waals surface area contributed by atoms with Crippen molar-refractivity contribution in [2.24, 2.45) is 29.1 Å². The van der Waals surface area contributed by atoms with Crippen molar-refractivity contribution >= 4 is 17.5 Å². The van der Waals surface area contributed by atoms with Gasteiger partial charge in [0.05, 0.1) is 32.3 Å². The number of likely N-dealkylation sites (tertiary alicyclic amines) is 1. The number of ketones is 1. The van der Waals surface area contributed by atoms with Crippen LogP contribution in [-0.4, -0.2) is 49.6 Å². The summed E-state index contributed by atoms with van der Waals surface area (Å²) >= 11 is 0. The maximum atomic E-state index is 16.9. The van der Waals surface area contributed by atoms with Crippen LogP contribution in [0.4, 0.5) is 14.5 Å². The Morgan fingerprint density at radius 2 is 1.36 bits per heavy atom. The summed E-state index contributed by atoms with van der Waals surface area (Å²) in [5.74, 6) is 0.875. The lowest BCUT2D eigenvalue weighted by Gasteiger charge is -2.37. The van der Waals surface area contributed by atoms with Crippen LogP contribution in [0.25, 0.3) is 6.08 Å². The first-order valence-electron chi connectivity index (χ1n) is 28.6. The summed E-state index contributed by atoms with van der Waals surface area (Å²) < 4.78 is 44.6. The van der Waals surface area contributed by atoms with Crippen molar-refractivity contribution < 1.29 is 23.0 Å². The van der Waals surface area contributed by atoms with Gasteiger partial charge in [-0.2, -0.15) is 0 Å². The molecule has 7 nitrogen and oxygen atoms in total. The number of Topliss-reactive ketones (excluding diaryl/α,β-unsaturated/α-hetero) is 1. The van der Waals surface area contributed by atoms with Gasteiger partial charge in [-0.25, -0.2) is 8.78 Å². The molecule has 5 aliphatic carbocycles. The van der Waals surface area contributed by atoms with Crippen LogP contribution in [0.5, 0.6) is 0 Å². The molecule has 0 aromatic heterocycles. The van der Waals surface area contributed by atoms with Gasteiger partial charge in [-0.1, -0.05) is 96.0 Å². The highest BCUT2D eigenvalue weighted by atomic mass is 19.1. The van der Waals surface area contributed by atoms with Crippen LogP contribution in [0.3, 0.4) is 0 Å². The Kier molecular flexibility index (Phi) is 15.3. The maximum absolute atomic E-state index is 16.9. The van der Waals surface area contributed by atoms with E-state index in [1.54, 1.807) is 26.4 Å². The molecule has 0 radical (unpaired) electrons. The fraction of sp³-hybridized carbons (Fsp3) is 0.554. The number of hydrogen-bond donors (Lipinski definition) is 3. The second-order valence-corrected chi connectivity index (χ2v) is 24.3. The van der Waals surface area contributed by atoms with Gasteiger partial charge in [-0.05, 0) is 201 Å². The van der Waals surface area contributed by atoms with E-state index in [-0.39, 0.29) is 77.0 Å². The van der Waals surface area contributed by atoms with E-state index in [0.29, 0.717) is 28.7 Å². The number of allylic oxidation sites excluding steroid dienone is 2. The van der Waals surface area contributed by atoms with E-state index in [1.807, 2.05) is 0 Å². The van der Waals surface area contributed by atoms with Gasteiger partial charge in [0.15, 0.2) is 17.5 Å². The Balaban J connectivity index is 0.930. The van der Waals surface area contributed by atoms with Gasteiger partial charge < -0.3 is 30.3 Å². The Hall–Kier alpha value is -5.31. The third kappa shape index (κ3) is 10.2. The summed E-state index contributed by atoms with van der Waals surface area (Å²) in [5.41, 5.74) is 12.5.